The number of benzene rings is 2. The summed E-state index contributed by atoms with van der Waals surface area (Å²) in [5.41, 5.74) is 1.35. The van der Waals surface area contributed by atoms with Gasteiger partial charge in [-0.1, -0.05) is 11.6 Å². The van der Waals surface area contributed by atoms with Gasteiger partial charge >= 0.3 is 7.75 Å². The molecule has 1 N–H and O–H groups in total. The fourth-order valence-electron chi connectivity index (χ4n) is 2.73. The molecule has 1 aromatic heterocycles. The number of imidazole rings is 1. The maximum absolute atomic E-state index is 14.2. The number of hydrogen-bond acceptors (Lipinski definition) is 7. The Morgan fingerprint density at radius 2 is 1.72 bits per heavy atom. The van der Waals surface area contributed by atoms with Gasteiger partial charge in [-0.25, -0.2) is 22.4 Å². The van der Waals surface area contributed by atoms with E-state index in [0.717, 1.165) is 14.2 Å². The summed E-state index contributed by atoms with van der Waals surface area (Å²) in [6.45, 7) is 0. The number of methoxy groups -OCH3 is 1. The average molecular weight is 529 g/mol. The van der Waals surface area contributed by atoms with Crippen molar-refractivity contribution in [2.45, 2.75) is 4.90 Å². The van der Waals surface area contributed by atoms with E-state index in [1.807, 2.05) is 4.49 Å². The Morgan fingerprint density at radius 1 is 1.09 bits per heavy atom. The number of ether oxygens (including phenoxy) is 1. The molecule has 1 heterocycles. The monoisotopic (exact) mass is 528 g/mol. The van der Waals surface area contributed by atoms with Crippen molar-refractivity contribution < 1.29 is 31.2 Å². The summed E-state index contributed by atoms with van der Waals surface area (Å²) in [4.78, 5) is 3.89. The molecular weight excluding hydrogens is 511 g/mol. The number of halogens is 2. The van der Waals surface area contributed by atoms with Crippen molar-refractivity contribution in [1.29, 1.82) is 0 Å². The molecule has 14 heteroatoms. The first kappa shape index (κ1) is 27.6. The van der Waals surface area contributed by atoms with E-state index in [0.29, 0.717) is 16.9 Å². The molecule has 0 aliphatic rings. The molecule has 0 amide bonds. The van der Waals surface area contributed by atoms with Crippen molar-refractivity contribution >= 4 is 80.8 Å². The van der Waals surface area contributed by atoms with Gasteiger partial charge in [0.05, 0.1) is 17.7 Å². The predicted octanol–water partition coefficient (Wildman–Crippen LogP) is 3.64. The van der Waals surface area contributed by atoms with Crippen LogP contribution in [0.2, 0.25) is 5.15 Å². The number of hydrogen-bond donors (Lipinski definition) is 1. The molecule has 0 fully saturated rings. The van der Waals surface area contributed by atoms with Crippen molar-refractivity contribution in [3.05, 3.63) is 59.8 Å². The first-order valence-electron chi connectivity index (χ1n) is 8.57. The van der Waals surface area contributed by atoms with E-state index in [4.69, 9.17) is 16.3 Å². The molecular formula is C18H18ClFKN3O6PS. The van der Waals surface area contributed by atoms with Crippen LogP contribution < -0.4 is 9.23 Å². The molecule has 0 atom stereocenters. The van der Waals surface area contributed by atoms with E-state index < -0.39 is 23.6 Å². The zero-order valence-corrected chi connectivity index (χ0v) is 23.2. The van der Waals surface area contributed by atoms with Gasteiger partial charge in [0.15, 0.2) is 16.7 Å². The smallest absolute Gasteiger partial charge is 0.418 e. The Labute approximate surface area is 232 Å². The van der Waals surface area contributed by atoms with Crippen LogP contribution in [-0.4, -0.2) is 90.7 Å². The minimum Gasteiger partial charge on any atom is -0.494 e. The van der Waals surface area contributed by atoms with Crippen LogP contribution in [0, 0.1) is 5.82 Å². The standard InChI is InChI=1S/C18H18ClFN3O6PS.K/c1-27-16-9-4-12(10-15(16)20)17-18(19)21-11-23(17)13-5-7-14(8-6-13)31(25,26)22-30(24,28-2)29-3;/h4-11H,1-3H3,(H,22,24);. The molecule has 0 bridgehead atoms. The molecule has 0 saturated heterocycles. The normalized spacial score (nSPS) is 11.8. The summed E-state index contributed by atoms with van der Waals surface area (Å²) in [6, 6.07) is 9.90. The van der Waals surface area contributed by atoms with Gasteiger partial charge in [0.2, 0.25) is 10.0 Å². The zero-order valence-electron chi connectivity index (χ0n) is 17.6. The summed E-state index contributed by atoms with van der Waals surface area (Å²) in [5.74, 6) is -0.491. The van der Waals surface area contributed by atoms with Crippen LogP contribution in [0.1, 0.15) is 0 Å². The van der Waals surface area contributed by atoms with Crippen LogP contribution in [0.3, 0.4) is 0 Å². The number of rotatable bonds is 8. The molecule has 32 heavy (non-hydrogen) atoms. The first-order chi connectivity index (χ1) is 14.6. The average Bonchev–Trinajstić information content (AvgIpc) is 3.14. The van der Waals surface area contributed by atoms with Gasteiger partial charge in [-0.2, -0.15) is 0 Å². The second kappa shape index (κ2) is 11.2. The molecule has 0 saturated carbocycles. The Bertz CT molecular complexity index is 1250. The van der Waals surface area contributed by atoms with Gasteiger partial charge in [-0.05, 0) is 42.5 Å². The number of sulfonamides is 1. The molecule has 9 nitrogen and oxygen atoms in total. The molecule has 0 aliphatic carbocycles. The van der Waals surface area contributed by atoms with Gasteiger partial charge in [0.25, 0.3) is 0 Å². The molecule has 0 aliphatic heterocycles. The van der Waals surface area contributed by atoms with E-state index in [1.165, 1.54) is 49.8 Å². The molecule has 167 valence electrons. The molecule has 3 aromatic rings. The van der Waals surface area contributed by atoms with Crippen LogP contribution in [0.25, 0.3) is 16.9 Å². The SMILES string of the molecule is COc1ccc(-c2c(Cl)ncn2-c2ccc(S(=O)(=O)NP(=O)(OC)OC)cc2)cc1F.[K]. The van der Waals surface area contributed by atoms with Gasteiger partial charge < -0.3 is 4.74 Å². The summed E-state index contributed by atoms with van der Waals surface area (Å²) in [6.07, 6.45) is 1.42. The van der Waals surface area contributed by atoms with Crippen molar-refractivity contribution in [3.63, 3.8) is 0 Å². The Hall–Kier alpha value is -0.634. The Kier molecular flexibility index (Phi) is 9.66. The number of aromatic nitrogens is 2. The molecule has 0 unspecified atom stereocenters. The van der Waals surface area contributed by atoms with E-state index in [9.17, 15) is 17.4 Å². The molecule has 2 aromatic carbocycles. The second-order valence-electron chi connectivity index (χ2n) is 6.05. The number of nitrogens with zero attached hydrogens (tertiary/aromatic N) is 2. The van der Waals surface area contributed by atoms with Crippen molar-refractivity contribution in [2.24, 2.45) is 0 Å². The largest absolute Gasteiger partial charge is 0.494 e. The first-order valence-corrected chi connectivity index (χ1v) is 12.0. The van der Waals surface area contributed by atoms with Crippen molar-refractivity contribution in [2.75, 3.05) is 21.3 Å². The van der Waals surface area contributed by atoms with Crippen molar-refractivity contribution in [1.82, 2.24) is 14.0 Å². The van der Waals surface area contributed by atoms with Gasteiger partial charge in [0.1, 0.15) is 6.33 Å². The van der Waals surface area contributed by atoms with Crippen molar-refractivity contribution in [3.8, 4) is 22.7 Å². The molecule has 3 rings (SSSR count). The minimum atomic E-state index is -4.19. The third-order valence-electron chi connectivity index (χ3n) is 4.29. The van der Waals surface area contributed by atoms with Gasteiger partial charge in [0, 0.05) is 76.9 Å². The minimum absolute atomic E-state index is 0. The summed E-state index contributed by atoms with van der Waals surface area (Å²) >= 11 is 6.21. The van der Waals surface area contributed by atoms with Gasteiger partial charge in [-0.15, -0.1) is 4.49 Å². The summed E-state index contributed by atoms with van der Waals surface area (Å²) < 4.78 is 68.8. The van der Waals surface area contributed by atoms with Crippen LogP contribution in [0.4, 0.5) is 4.39 Å². The topological polar surface area (TPSA) is 109 Å². The predicted molar refractivity (Wildman–Crippen MR) is 118 cm³/mol. The third-order valence-corrected chi connectivity index (χ3v) is 8.27. The molecule has 0 spiro atoms. The van der Waals surface area contributed by atoms with Crippen LogP contribution in [-0.2, 0) is 23.6 Å². The van der Waals surface area contributed by atoms with E-state index >= 15 is 0 Å². The van der Waals surface area contributed by atoms with E-state index in [-0.39, 0.29) is 67.2 Å². The second-order valence-corrected chi connectivity index (χ2v) is 10.3. The quantitative estimate of drug-likeness (QED) is 0.351. The maximum Gasteiger partial charge on any atom is 0.418 e. The summed E-state index contributed by atoms with van der Waals surface area (Å²) in [5, 5.41) is 0.129. The summed E-state index contributed by atoms with van der Waals surface area (Å²) in [7, 11) is -4.73. The van der Waals surface area contributed by atoms with E-state index in [1.54, 1.807) is 10.6 Å². The van der Waals surface area contributed by atoms with Crippen LogP contribution in [0.15, 0.2) is 53.7 Å². The number of nitrogens with one attached hydrogen (secondary N) is 1. The van der Waals surface area contributed by atoms with E-state index in [2.05, 4.69) is 14.0 Å². The Morgan fingerprint density at radius 3 is 2.25 bits per heavy atom. The zero-order chi connectivity index (χ0) is 22.8. The maximum atomic E-state index is 14.2. The van der Waals surface area contributed by atoms with Crippen LogP contribution in [0.5, 0.6) is 5.75 Å². The fourth-order valence-corrected chi connectivity index (χ4v) is 5.81. The van der Waals surface area contributed by atoms with Crippen LogP contribution >= 0.6 is 19.3 Å². The Balaban J connectivity index is 0.00000363. The molecule has 1 radical (unpaired) electrons. The third kappa shape index (κ3) is 5.88. The fraction of sp³-hybridized carbons (Fsp3) is 0.167. The van der Waals surface area contributed by atoms with Gasteiger partial charge in [-0.3, -0.25) is 13.6 Å².